The third-order valence-corrected chi connectivity index (χ3v) is 5.59. The second-order valence-electron chi connectivity index (χ2n) is 7.58. The van der Waals surface area contributed by atoms with Crippen molar-refractivity contribution in [3.05, 3.63) is 35.5 Å². The van der Waals surface area contributed by atoms with Gasteiger partial charge in [-0.2, -0.15) is 0 Å². The van der Waals surface area contributed by atoms with Crippen LogP contribution in [0, 0.1) is 5.92 Å². The van der Waals surface area contributed by atoms with Gasteiger partial charge in [-0.25, -0.2) is 9.59 Å². The minimum absolute atomic E-state index is 0.0314. The number of hydrogen-bond donors (Lipinski definition) is 2. The largest absolute Gasteiger partial charge is 0.458 e. The molecule has 0 unspecified atom stereocenters. The van der Waals surface area contributed by atoms with E-state index in [1.165, 1.54) is 6.08 Å². The lowest BCUT2D eigenvalue weighted by Gasteiger charge is -2.28. The van der Waals surface area contributed by atoms with Crippen LogP contribution in [-0.4, -0.2) is 59.3 Å². The number of aliphatic hydroxyl groups excluding tert-OH is 2. The third-order valence-electron chi connectivity index (χ3n) is 5.59. The summed E-state index contributed by atoms with van der Waals surface area (Å²) >= 11 is 0. The average molecular weight is 378 g/mol. The number of allylic oxidation sites excluding steroid dienone is 1. The van der Waals surface area contributed by atoms with Crippen LogP contribution in [0.15, 0.2) is 35.5 Å². The van der Waals surface area contributed by atoms with E-state index in [0.29, 0.717) is 6.42 Å². The smallest absolute Gasteiger partial charge is 0.336 e. The predicted octanol–water partition coefficient (Wildman–Crippen LogP) is 1.19. The van der Waals surface area contributed by atoms with Gasteiger partial charge in [0.15, 0.2) is 0 Å². The molecule has 0 bridgehead atoms. The quantitative estimate of drug-likeness (QED) is 0.328. The fourth-order valence-corrected chi connectivity index (χ4v) is 3.95. The molecule has 0 aromatic carbocycles. The first-order valence-electron chi connectivity index (χ1n) is 9.15. The molecule has 0 spiro atoms. The van der Waals surface area contributed by atoms with Crippen LogP contribution in [0.2, 0.25) is 0 Å². The topological polar surface area (TPSA) is 106 Å². The molecular weight excluding hydrogens is 352 g/mol. The van der Waals surface area contributed by atoms with Crippen LogP contribution in [0.5, 0.6) is 0 Å². The van der Waals surface area contributed by atoms with Crippen molar-refractivity contribution in [1.82, 2.24) is 0 Å². The van der Waals surface area contributed by atoms with Gasteiger partial charge in [0.25, 0.3) is 0 Å². The van der Waals surface area contributed by atoms with E-state index >= 15 is 0 Å². The molecule has 5 atom stereocenters. The maximum atomic E-state index is 12.5. The lowest BCUT2D eigenvalue weighted by Crippen LogP contribution is -2.38. The third kappa shape index (κ3) is 3.85. The zero-order valence-electron chi connectivity index (χ0n) is 15.6. The highest BCUT2D eigenvalue weighted by molar-refractivity contribution is 5.92. The summed E-state index contributed by atoms with van der Waals surface area (Å²) in [5, 5.41) is 18.4. The lowest BCUT2D eigenvalue weighted by molar-refractivity contribution is -0.149. The van der Waals surface area contributed by atoms with Crippen LogP contribution >= 0.6 is 0 Å². The van der Waals surface area contributed by atoms with Crippen LogP contribution in [0.25, 0.3) is 0 Å². The molecule has 2 N–H and O–H groups in total. The van der Waals surface area contributed by atoms with Gasteiger partial charge in [-0.3, -0.25) is 0 Å². The van der Waals surface area contributed by atoms with Gasteiger partial charge in [0.05, 0.1) is 30.3 Å². The molecule has 1 aliphatic carbocycles. The van der Waals surface area contributed by atoms with Gasteiger partial charge in [-0.05, 0) is 32.8 Å². The SMILES string of the molecule is C=C1C(=O)O[C@H]2[C@H]1[C@@H](OC(=O)/C(=C/CO)CO)C/C(C)=C\CC[C@@]1(C)O[C@@H]21. The number of epoxide rings is 1. The molecule has 27 heavy (non-hydrogen) atoms. The second-order valence-corrected chi connectivity index (χ2v) is 7.58. The van der Waals surface area contributed by atoms with Crippen molar-refractivity contribution in [1.29, 1.82) is 0 Å². The fourth-order valence-electron chi connectivity index (χ4n) is 3.95. The van der Waals surface area contributed by atoms with Gasteiger partial charge in [-0.15, -0.1) is 0 Å². The molecule has 2 fully saturated rings. The number of carbonyl (C=O) groups excluding carboxylic acids is 2. The Morgan fingerprint density at radius 3 is 2.89 bits per heavy atom. The van der Waals surface area contributed by atoms with E-state index in [2.05, 4.69) is 12.7 Å². The normalized spacial score (nSPS) is 38.2. The van der Waals surface area contributed by atoms with Crippen molar-refractivity contribution in [3.63, 3.8) is 0 Å². The number of rotatable bonds is 4. The van der Waals surface area contributed by atoms with Gasteiger partial charge >= 0.3 is 11.9 Å². The lowest BCUT2D eigenvalue weighted by atomic mass is 9.82. The number of fused-ring (bicyclic) bond motifs is 3. The number of hydrogen-bond acceptors (Lipinski definition) is 7. The van der Waals surface area contributed by atoms with Crippen molar-refractivity contribution >= 4 is 11.9 Å². The summed E-state index contributed by atoms with van der Waals surface area (Å²) in [5.74, 6) is -1.76. The molecule has 0 radical (unpaired) electrons. The number of esters is 2. The summed E-state index contributed by atoms with van der Waals surface area (Å²) in [6.07, 6.45) is 3.85. The minimum Gasteiger partial charge on any atom is -0.458 e. The molecule has 148 valence electrons. The first-order chi connectivity index (χ1) is 12.8. The molecule has 0 aromatic rings. The second kappa shape index (κ2) is 7.58. The zero-order valence-corrected chi connectivity index (χ0v) is 15.6. The van der Waals surface area contributed by atoms with E-state index in [-0.39, 0.29) is 29.5 Å². The Hall–Kier alpha value is -1.96. The Bertz CT molecular complexity index is 707. The van der Waals surface area contributed by atoms with Crippen LogP contribution in [0.1, 0.15) is 33.1 Å². The Morgan fingerprint density at radius 2 is 2.22 bits per heavy atom. The fraction of sp³-hybridized carbons (Fsp3) is 0.600. The summed E-state index contributed by atoms with van der Waals surface area (Å²) in [4.78, 5) is 24.6. The molecule has 2 saturated heterocycles. The molecular formula is C20H26O7. The van der Waals surface area contributed by atoms with Gasteiger partial charge in [0, 0.05) is 12.0 Å². The molecule has 7 heteroatoms. The molecule has 0 amide bonds. The molecule has 3 rings (SSSR count). The van der Waals surface area contributed by atoms with Crippen molar-refractivity contribution in [2.24, 2.45) is 5.92 Å². The first kappa shape index (κ1) is 19.8. The number of aliphatic hydroxyl groups is 2. The van der Waals surface area contributed by atoms with E-state index in [1.54, 1.807) is 0 Å². The van der Waals surface area contributed by atoms with E-state index < -0.39 is 36.7 Å². The number of ether oxygens (including phenoxy) is 3. The summed E-state index contributed by atoms with van der Waals surface area (Å²) in [6, 6.07) is 0. The molecule has 3 aliphatic rings. The Labute approximate surface area is 158 Å². The van der Waals surface area contributed by atoms with Crippen LogP contribution in [0.3, 0.4) is 0 Å². The van der Waals surface area contributed by atoms with Crippen LogP contribution in [-0.2, 0) is 23.8 Å². The van der Waals surface area contributed by atoms with E-state index in [0.717, 1.165) is 18.4 Å². The van der Waals surface area contributed by atoms with Crippen LogP contribution in [0.4, 0.5) is 0 Å². The average Bonchev–Trinajstić information content (AvgIpc) is 3.19. The van der Waals surface area contributed by atoms with Gasteiger partial charge < -0.3 is 24.4 Å². The van der Waals surface area contributed by atoms with E-state index in [4.69, 9.17) is 19.3 Å². The zero-order chi connectivity index (χ0) is 19.8. The summed E-state index contributed by atoms with van der Waals surface area (Å²) in [5.41, 5.74) is 0.888. The summed E-state index contributed by atoms with van der Waals surface area (Å²) in [6.45, 7) is 6.86. The monoisotopic (exact) mass is 378 g/mol. The van der Waals surface area contributed by atoms with Crippen LogP contribution < -0.4 is 0 Å². The van der Waals surface area contributed by atoms with E-state index in [9.17, 15) is 14.7 Å². The highest BCUT2D eigenvalue weighted by Crippen LogP contribution is 2.50. The van der Waals surface area contributed by atoms with Crippen molar-refractivity contribution in [3.8, 4) is 0 Å². The van der Waals surface area contributed by atoms with Crippen molar-refractivity contribution in [2.75, 3.05) is 13.2 Å². The Balaban J connectivity index is 1.92. The summed E-state index contributed by atoms with van der Waals surface area (Å²) < 4.78 is 17.1. The Morgan fingerprint density at radius 1 is 1.48 bits per heavy atom. The van der Waals surface area contributed by atoms with Gasteiger partial charge in [0.1, 0.15) is 18.3 Å². The summed E-state index contributed by atoms with van der Waals surface area (Å²) in [7, 11) is 0. The molecule has 2 heterocycles. The van der Waals surface area contributed by atoms with Crippen molar-refractivity contribution in [2.45, 2.75) is 57.0 Å². The van der Waals surface area contributed by atoms with E-state index in [1.807, 2.05) is 13.8 Å². The Kier molecular flexibility index (Phi) is 5.55. The standard InChI is InChI=1S/C20H26O7/c1-11-5-4-7-20(3)17(27-20)16-15(12(2)18(23)26-16)14(9-11)25-19(24)13(10-22)6-8-21/h5-6,14-17,21-22H,2,4,7-10H2,1,3H3/b11-5-,13-6+/t14-,15+,16-,17-,20+/m0/s1. The molecule has 2 aliphatic heterocycles. The predicted molar refractivity (Wildman–Crippen MR) is 95.5 cm³/mol. The maximum Gasteiger partial charge on any atom is 0.336 e. The molecule has 7 nitrogen and oxygen atoms in total. The molecule has 0 aromatic heterocycles. The minimum atomic E-state index is -0.730. The highest BCUT2D eigenvalue weighted by Gasteiger charge is 2.63. The highest BCUT2D eigenvalue weighted by atomic mass is 16.6. The van der Waals surface area contributed by atoms with Gasteiger partial charge in [-0.1, -0.05) is 18.2 Å². The molecule has 0 saturated carbocycles. The van der Waals surface area contributed by atoms with Gasteiger partial charge in [0.2, 0.25) is 0 Å². The number of carbonyl (C=O) groups is 2. The first-order valence-corrected chi connectivity index (χ1v) is 9.15. The van der Waals surface area contributed by atoms with Crippen molar-refractivity contribution < 1.29 is 34.0 Å². The maximum absolute atomic E-state index is 12.5.